The van der Waals surface area contributed by atoms with Crippen molar-refractivity contribution in [1.82, 2.24) is 5.32 Å². The standard InChI is InChI=1S/C12H14N2O4S2/c15-10-2-1-8(5-9(10)14(17)18)6-13-12(16)11-7-19-3-4-20-11/h1-2,5,11,15H,3-4,6-7H2,(H,13,16). The summed E-state index contributed by atoms with van der Waals surface area (Å²) in [5.74, 6) is 2.42. The summed E-state index contributed by atoms with van der Waals surface area (Å²) >= 11 is 3.39. The van der Waals surface area contributed by atoms with Gasteiger partial charge in [-0.05, 0) is 11.6 Å². The molecule has 1 aliphatic rings. The van der Waals surface area contributed by atoms with Crippen molar-refractivity contribution < 1.29 is 14.8 Å². The van der Waals surface area contributed by atoms with Crippen molar-refractivity contribution >= 4 is 35.1 Å². The average Bonchev–Trinajstić information content (AvgIpc) is 2.46. The second kappa shape index (κ2) is 6.85. The van der Waals surface area contributed by atoms with E-state index in [1.165, 1.54) is 12.1 Å². The number of hydrogen-bond donors (Lipinski definition) is 2. The lowest BCUT2D eigenvalue weighted by atomic mass is 10.2. The van der Waals surface area contributed by atoms with Gasteiger partial charge in [0.2, 0.25) is 5.91 Å². The third-order valence-corrected chi connectivity index (χ3v) is 5.57. The van der Waals surface area contributed by atoms with Crippen molar-refractivity contribution in [3.8, 4) is 5.75 Å². The molecular formula is C12H14N2O4S2. The van der Waals surface area contributed by atoms with E-state index in [1.807, 2.05) is 0 Å². The van der Waals surface area contributed by atoms with Crippen LogP contribution in [-0.2, 0) is 11.3 Å². The molecule has 108 valence electrons. The van der Waals surface area contributed by atoms with Gasteiger partial charge in [0.25, 0.3) is 0 Å². The summed E-state index contributed by atoms with van der Waals surface area (Å²) in [6.45, 7) is 0.224. The Hall–Kier alpha value is -1.41. The Labute approximate surface area is 124 Å². The monoisotopic (exact) mass is 314 g/mol. The van der Waals surface area contributed by atoms with Gasteiger partial charge < -0.3 is 10.4 Å². The molecule has 0 aliphatic carbocycles. The molecule has 2 N–H and O–H groups in total. The highest BCUT2D eigenvalue weighted by Crippen LogP contribution is 2.27. The molecule has 0 bridgehead atoms. The number of amides is 1. The van der Waals surface area contributed by atoms with Crippen LogP contribution in [0.2, 0.25) is 0 Å². The van der Waals surface area contributed by atoms with Gasteiger partial charge in [-0.2, -0.15) is 11.8 Å². The summed E-state index contributed by atoms with van der Waals surface area (Å²) in [4.78, 5) is 22.0. The summed E-state index contributed by atoms with van der Waals surface area (Å²) in [5.41, 5.74) is 0.246. The molecular weight excluding hydrogens is 300 g/mol. The number of phenols is 1. The number of hydrogen-bond acceptors (Lipinski definition) is 6. The fraction of sp³-hybridized carbons (Fsp3) is 0.417. The van der Waals surface area contributed by atoms with Crippen molar-refractivity contribution in [3.63, 3.8) is 0 Å². The number of carbonyl (C=O) groups is 1. The zero-order valence-corrected chi connectivity index (χ0v) is 12.2. The van der Waals surface area contributed by atoms with E-state index in [0.29, 0.717) is 5.56 Å². The molecule has 1 fully saturated rings. The second-order valence-electron chi connectivity index (χ2n) is 4.23. The summed E-state index contributed by atoms with van der Waals surface area (Å²) < 4.78 is 0. The van der Waals surface area contributed by atoms with Crippen molar-refractivity contribution in [2.24, 2.45) is 0 Å². The predicted molar refractivity (Wildman–Crippen MR) is 80.2 cm³/mol. The molecule has 0 saturated carbocycles. The Bertz CT molecular complexity index is 518. The number of nitrogens with one attached hydrogen (secondary N) is 1. The van der Waals surface area contributed by atoms with Gasteiger partial charge in [-0.25, -0.2) is 0 Å². The van der Waals surface area contributed by atoms with Crippen molar-refractivity contribution in [2.75, 3.05) is 17.3 Å². The molecule has 1 aromatic rings. The fourth-order valence-corrected chi connectivity index (χ4v) is 4.35. The third kappa shape index (κ3) is 3.80. The first-order chi connectivity index (χ1) is 9.58. The van der Waals surface area contributed by atoms with E-state index in [4.69, 9.17) is 0 Å². The van der Waals surface area contributed by atoms with E-state index >= 15 is 0 Å². The van der Waals surface area contributed by atoms with Gasteiger partial charge >= 0.3 is 5.69 Å². The minimum atomic E-state index is -0.645. The lowest BCUT2D eigenvalue weighted by Gasteiger charge is -2.20. The lowest BCUT2D eigenvalue weighted by molar-refractivity contribution is -0.385. The zero-order chi connectivity index (χ0) is 14.5. The average molecular weight is 314 g/mol. The van der Waals surface area contributed by atoms with Crippen LogP contribution in [0.25, 0.3) is 0 Å². The molecule has 1 aromatic carbocycles. The van der Waals surface area contributed by atoms with Crippen LogP contribution in [0.3, 0.4) is 0 Å². The highest BCUT2D eigenvalue weighted by atomic mass is 32.2. The third-order valence-electron chi connectivity index (χ3n) is 2.81. The van der Waals surface area contributed by atoms with Gasteiger partial charge in [0.1, 0.15) is 0 Å². The van der Waals surface area contributed by atoms with E-state index < -0.39 is 4.92 Å². The van der Waals surface area contributed by atoms with Crippen molar-refractivity contribution in [1.29, 1.82) is 0 Å². The molecule has 20 heavy (non-hydrogen) atoms. The fourth-order valence-electron chi connectivity index (χ4n) is 1.77. The molecule has 0 aromatic heterocycles. The van der Waals surface area contributed by atoms with Gasteiger partial charge in [0, 0.05) is 29.9 Å². The first-order valence-corrected chi connectivity index (χ1v) is 8.21. The molecule has 6 nitrogen and oxygen atoms in total. The van der Waals surface area contributed by atoms with E-state index in [0.717, 1.165) is 17.3 Å². The Morgan fingerprint density at radius 3 is 2.95 bits per heavy atom. The molecule has 1 aliphatic heterocycles. The number of carbonyl (C=O) groups excluding carboxylic acids is 1. The number of rotatable bonds is 4. The maximum atomic E-state index is 11.9. The van der Waals surface area contributed by atoms with Gasteiger partial charge in [-0.1, -0.05) is 6.07 Å². The van der Waals surface area contributed by atoms with Crippen LogP contribution >= 0.6 is 23.5 Å². The molecule has 1 unspecified atom stereocenters. The largest absolute Gasteiger partial charge is 0.502 e. The summed E-state index contributed by atoms with van der Waals surface area (Å²) in [5, 5.41) is 22.8. The maximum absolute atomic E-state index is 11.9. The van der Waals surface area contributed by atoms with Crippen LogP contribution in [0.1, 0.15) is 5.56 Å². The van der Waals surface area contributed by atoms with Crippen molar-refractivity contribution in [3.05, 3.63) is 33.9 Å². The Kier molecular flexibility index (Phi) is 5.13. The van der Waals surface area contributed by atoms with Crippen LogP contribution in [0.5, 0.6) is 5.75 Å². The molecule has 1 heterocycles. The van der Waals surface area contributed by atoms with Crippen LogP contribution < -0.4 is 5.32 Å². The topological polar surface area (TPSA) is 92.5 Å². The first kappa shape index (κ1) is 15.0. The Balaban J connectivity index is 1.95. The molecule has 8 heteroatoms. The van der Waals surface area contributed by atoms with Gasteiger partial charge in [0.05, 0.1) is 10.2 Å². The van der Waals surface area contributed by atoms with Crippen LogP contribution in [-0.4, -0.2) is 38.4 Å². The number of nitro benzene ring substituents is 1. The molecule has 1 saturated heterocycles. The summed E-state index contributed by atoms with van der Waals surface area (Å²) in [6, 6.07) is 4.11. The van der Waals surface area contributed by atoms with Crippen LogP contribution in [0.15, 0.2) is 18.2 Å². The second-order valence-corrected chi connectivity index (χ2v) is 6.69. The number of nitrogens with zero attached hydrogens (tertiary/aromatic N) is 1. The quantitative estimate of drug-likeness (QED) is 0.650. The molecule has 1 amide bonds. The lowest BCUT2D eigenvalue weighted by Crippen LogP contribution is -2.35. The van der Waals surface area contributed by atoms with Crippen LogP contribution in [0, 0.1) is 10.1 Å². The number of phenolic OH excluding ortho intramolecular Hbond substituents is 1. The van der Waals surface area contributed by atoms with Gasteiger partial charge in [0.15, 0.2) is 5.75 Å². The van der Waals surface area contributed by atoms with Crippen molar-refractivity contribution in [2.45, 2.75) is 11.8 Å². The highest BCUT2D eigenvalue weighted by Gasteiger charge is 2.22. The van der Waals surface area contributed by atoms with E-state index in [1.54, 1.807) is 29.6 Å². The maximum Gasteiger partial charge on any atom is 0.311 e. The van der Waals surface area contributed by atoms with E-state index in [2.05, 4.69) is 5.32 Å². The molecule has 0 spiro atoms. The SMILES string of the molecule is O=C(NCc1ccc(O)c([N+](=O)[O-])c1)C1CSCCS1. The number of nitro groups is 1. The molecule has 1 atom stereocenters. The number of benzene rings is 1. The van der Waals surface area contributed by atoms with Gasteiger partial charge in [-0.15, -0.1) is 11.8 Å². The summed E-state index contributed by atoms with van der Waals surface area (Å²) in [7, 11) is 0. The van der Waals surface area contributed by atoms with E-state index in [-0.39, 0.29) is 29.1 Å². The first-order valence-electron chi connectivity index (χ1n) is 6.01. The van der Waals surface area contributed by atoms with E-state index in [9.17, 15) is 20.0 Å². The van der Waals surface area contributed by atoms with Crippen LogP contribution in [0.4, 0.5) is 5.69 Å². The predicted octanol–water partition coefficient (Wildman–Crippen LogP) is 1.77. The number of aromatic hydroxyl groups is 1. The minimum Gasteiger partial charge on any atom is -0.502 e. The minimum absolute atomic E-state index is 0.0436. The molecule has 2 rings (SSSR count). The Morgan fingerprint density at radius 2 is 2.30 bits per heavy atom. The highest BCUT2D eigenvalue weighted by molar-refractivity contribution is 8.07. The molecule has 0 radical (unpaired) electrons. The van der Waals surface area contributed by atoms with Gasteiger partial charge in [-0.3, -0.25) is 14.9 Å². The zero-order valence-electron chi connectivity index (χ0n) is 10.6. The smallest absolute Gasteiger partial charge is 0.311 e. The summed E-state index contributed by atoms with van der Waals surface area (Å²) in [6.07, 6.45) is 0. The number of thioether (sulfide) groups is 2. The normalized spacial score (nSPS) is 18.5. The Morgan fingerprint density at radius 1 is 1.50 bits per heavy atom.